The molecular weight excluding hydrogens is 436 g/mol. The van der Waals surface area contributed by atoms with Crippen molar-refractivity contribution in [2.45, 2.75) is 137 Å². The van der Waals surface area contributed by atoms with E-state index in [4.69, 9.17) is 9.47 Å². The number of carbonyl (C=O) groups is 2. The van der Waals surface area contributed by atoms with Crippen LogP contribution in [0.2, 0.25) is 0 Å². The summed E-state index contributed by atoms with van der Waals surface area (Å²) in [6.07, 6.45) is 13.9. The Morgan fingerprint density at radius 2 is 1.60 bits per heavy atom. The van der Waals surface area contributed by atoms with Crippen molar-refractivity contribution < 1.29 is 19.1 Å². The molecule has 9 atom stereocenters. The molecule has 0 aromatic rings. The lowest BCUT2D eigenvalue weighted by atomic mass is 9.42. The van der Waals surface area contributed by atoms with Crippen molar-refractivity contribution in [3.05, 3.63) is 0 Å². The first-order chi connectivity index (χ1) is 16.4. The second-order valence-electron chi connectivity index (χ2n) is 13.8. The first-order valence-corrected chi connectivity index (χ1v) is 14.8. The van der Waals surface area contributed by atoms with Crippen LogP contribution < -0.4 is 0 Å². The monoisotopic (exact) mass is 488 g/mol. The molecule has 0 saturated heterocycles. The van der Waals surface area contributed by atoms with Crippen LogP contribution in [0, 0.1) is 46.3 Å². The van der Waals surface area contributed by atoms with E-state index in [-0.39, 0.29) is 23.5 Å². The fourth-order valence-electron chi connectivity index (χ4n) is 10.1. The van der Waals surface area contributed by atoms with Crippen LogP contribution in [0.5, 0.6) is 0 Å². The Hall–Kier alpha value is -1.06. The number of fused-ring (bicyclic) bond motifs is 5. The van der Waals surface area contributed by atoms with Crippen molar-refractivity contribution in [2.24, 2.45) is 46.3 Å². The van der Waals surface area contributed by atoms with Crippen molar-refractivity contribution in [3.63, 3.8) is 0 Å². The molecule has 4 heteroatoms. The minimum absolute atomic E-state index is 0.123. The molecule has 0 N–H and O–H groups in total. The Bertz CT molecular complexity index is 791. The highest BCUT2D eigenvalue weighted by Gasteiger charge is 2.68. The summed E-state index contributed by atoms with van der Waals surface area (Å²) in [5, 5.41) is 0. The van der Waals surface area contributed by atoms with Crippen LogP contribution in [0.25, 0.3) is 0 Å². The van der Waals surface area contributed by atoms with Crippen LogP contribution in [0.15, 0.2) is 0 Å². The van der Waals surface area contributed by atoms with E-state index in [1.807, 2.05) is 0 Å². The second-order valence-corrected chi connectivity index (χ2v) is 13.8. The van der Waals surface area contributed by atoms with Crippen molar-refractivity contribution >= 4 is 11.9 Å². The van der Waals surface area contributed by atoms with Gasteiger partial charge in [0, 0.05) is 19.3 Å². The van der Waals surface area contributed by atoms with Gasteiger partial charge in [0.05, 0.1) is 0 Å². The van der Waals surface area contributed by atoms with Crippen LogP contribution >= 0.6 is 0 Å². The van der Waals surface area contributed by atoms with Crippen molar-refractivity contribution in [3.8, 4) is 0 Å². The molecule has 0 radical (unpaired) electrons. The molecule has 0 amide bonds. The van der Waals surface area contributed by atoms with E-state index in [2.05, 4.69) is 34.6 Å². The molecule has 0 spiro atoms. The Balaban J connectivity index is 1.58. The zero-order chi connectivity index (χ0) is 25.6. The third-order valence-electron chi connectivity index (χ3n) is 11.6. The van der Waals surface area contributed by atoms with Crippen molar-refractivity contribution in [1.82, 2.24) is 0 Å². The predicted octanol–water partition coefficient (Wildman–Crippen LogP) is 7.73. The number of hydrogen-bond donors (Lipinski definition) is 0. The Morgan fingerprint density at radius 1 is 0.857 bits per heavy atom. The molecule has 4 fully saturated rings. The molecule has 0 heterocycles. The molecule has 0 bridgehead atoms. The van der Waals surface area contributed by atoms with Gasteiger partial charge >= 0.3 is 11.9 Å². The Labute approximate surface area is 214 Å². The zero-order valence-electron chi connectivity index (χ0n) is 23.7. The first kappa shape index (κ1) is 27.0. The van der Waals surface area contributed by atoms with Gasteiger partial charge in [0.25, 0.3) is 0 Å². The number of carbonyl (C=O) groups excluding carboxylic acids is 2. The molecule has 4 aliphatic rings. The lowest BCUT2D eigenvalue weighted by Gasteiger charge is -2.65. The summed E-state index contributed by atoms with van der Waals surface area (Å²) < 4.78 is 12.2. The first-order valence-electron chi connectivity index (χ1n) is 14.8. The quantitative estimate of drug-likeness (QED) is 0.344. The highest BCUT2D eigenvalue weighted by Crippen LogP contribution is 2.70. The molecule has 4 nitrogen and oxygen atoms in total. The normalized spacial score (nSPS) is 43.6. The molecule has 4 rings (SSSR count). The Kier molecular flexibility index (Phi) is 7.72. The van der Waals surface area contributed by atoms with Gasteiger partial charge in [0.2, 0.25) is 0 Å². The summed E-state index contributed by atoms with van der Waals surface area (Å²) in [5.41, 5.74) is -0.345. The lowest BCUT2D eigenvalue weighted by molar-refractivity contribution is -0.263. The smallest absolute Gasteiger partial charge is 0.303 e. The maximum atomic E-state index is 12.4. The topological polar surface area (TPSA) is 52.6 Å². The molecule has 0 unspecified atom stereocenters. The molecule has 0 aromatic carbocycles. The fraction of sp³-hybridized carbons (Fsp3) is 0.935. The van der Waals surface area contributed by atoms with Crippen LogP contribution in [0.1, 0.15) is 126 Å². The van der Waals surface area contributed by atoms with Gasteiger partial charge in [0.15, 0.2) is 5.60 Å². The summed E-state index contributed by atoms with van der Waals surface area (Å²) in [4.78, 5) is 24.5. The van der Waals surface area contributed by atoms with Gasteiger partial charge in [-0.05, 0) is 98.7 Å². The van der Waals surface area contributed by atoms with Crippen LogP contribution in [0.4, 0.5) is 0 Å². The van der Waals surface area contributed by atoms with E-state index in [1.54, 1.807) is 0 Å². The van der Waals surface area contributed by atoms with Gasteiger partial charge in [-0.25, -0.2) is 0 Å². The van der Waals surface area contributed by atoms with Crippen LogP contribution in [-0.4, -0.2) is 23.6 Å². The van der Waals surface area contributed by atoms with E-state index in [0.29, 0.717) is 17.3 Å². The Morgan fingerprint density at radius 3 is 2.26 bits per heavy atom. The third kappa shape index (κ3) is 4.58. The van der Waals surface area contributed by atoms with Crippen molar-refractivity contribution in [1.29, 1.82) is 0 Å². The summed E-state index contributed by atoms with van der Waals surface area (Å²) in [7, 11) is 0. The van der Waals surface area contributed by atoms with E-state index in [9.17, 15) is 9.59 Å². The minimum atomic E-state index is -0.667. The van der Waals surface area contributed by atoms with Crippen LogP contribution in [-0.2, 0) is 19.1 Å². The average molecular weight is 489 g/mol. The maximum Gasteiger partial charge on any atom is 0.303 e. The minimum Gasteiger partial charge on any atom is -0.458 e. The van der Waals surface area contributed by atoms with E-state index < -0.39 is 5.60 Å². The van der Waals surface area contributed by atoms with E-state index in [0.717, 1.165) is 55.8 Å². The van der Waals surface area contributed by atoms with Gasteiger partial charge in [-0.15, -0.1) is 0 Å². The van der Waals surface area contributed by atoms with E-state index >= 15 is 0 Å². The third-order valence-corrected chi connectivity index (χ3v) is 11.6. The number of ether oxygens (including phenoxy) is 2. The molecule has 35 heavy (non-hydrogen) atoms. The summed E-state index contributed by atoms with van der Waals surface area (Å²) in [5.74, 6) is 3.99. The maximum absolute atomic E-state index is 12.4. The SMILES string of the molecule is CC(=O)O[C@@H]1CCC[C@]2(C)[C@@H]3CC[C@]4(C)[C@H](CC[C@@H]4[C@H](C)CCCC(C)C)[C@@H]3CC[C@@]12OC(C)=O. The highest BCUT2D eigenvalue weighted by molar-refractivity contribution is 5.68. The summed E-state index contributed by atoms with van der Waals surface area (Å²) >= 11 is 0. The average Bonchev–Trinajstić information content (AvgIpc) is 3.11. The standard InChI is InChI=1S/C31H52O4/c1-20(2)10-8-11-21(3)25-13-14-26-24-15-19-31(35-23(5)33)28(34-22(4)32)12-9-17-30(31,7)27(24)16-18-29(25,26)6/h20-21,24-28H,8-19H2,1-7H3/t21-,24+,25-,26-,27-,28-,29+,30-,31-/m1/s1. The fourth-order valence-corrected chi connectivity index (χ4v) is 10.1. The zero-order valence-corrected chi connectivity index (χ0v) is 23.7. The van der Waals surface area contributed by atoms with Gasteiger partial charge in [0.1, 0.15) is 6.10 Å². The molecule has 4 saturated carbocycles. The molecule has 200 valence electrons. The summed E-state index contributed by atoms with van der Waals surface area (Å²) in [6, 6.07) is 0. The lowest BCUT2D eigenvalue weighted by Crippen LogP contribution is -2.68. The van der Waals surface area contributed by atoms with Gasteiger partial charge in [-0.3, -0.25) is 9.59 Å². The number of rotatable bonds is 7. The molecule has 0 aliphatic heterocycles. The van der Waals surface area contributed by atoms with Gasteiger partial charge < -0.3 is 9.47 Å². The van der Waals surface area contributed by atoms with Gasteiger partial charge in [-0.2, -0.15) is 0 Å². The molecule has 0 aromatic heterocycles. The van der Waals surface area contributed by atoms with Crippen LogP contribution in [0.3, 0.4) is 0 Å². The second kappa shape index (κ2) is 10.0. The number of esters is 2. The van der Waals surface area contributed by atoms with Gasteiger partial charge in [-0.1, -0.05) is 53.9 Å². The largest absolute Gasteiger partial charge is 0.458 e. The summed E-state index contributed by atoms with van der Waals surface area (Å²) in [6.45, 7) is 15.2. The highest BCUT2D eigenvalue weighted by atomic mass is 16.6. The molecular formula is C31H52O4. The number of hydrogen-bond acceptors (Lipinski definition) is 4. The predicted molar refractivity (Wildman–Crippen MR) is 140 cm³/mol. The van der Waals surface area contributed by atoms with E-state index in [1.165, 1.54) is 58.8 Å². The molecule has 4 aliphatic carbocycles. The van der Waals surface area contributed by atoms with Crippen molar-refractivity contribution in [2.75, 3.05) is 0 Å².